The summed E-state index contributed by atoms with van der Waals surface area (Å²) in [6.07, 6.45) is 0.346. The van der Waals surface area contributed by atoms with E-state index in [1.54, 1.807) is 19.1 Å². The Morgan fingerprint density at radius 2 is 1.91 bits per heavy atom. The predicted octanol–water partition coefficient (Wildman–Crippen LogP) is 2.96. The number of aldehydes is 1. The monoisotopic (exact) mass is 315 g/mol. The number of carbonyl (C=O) groups excluding carboxylic acids is 2. The van der Waals surface area contributed by atoms with Crippen molar-refractivity contribution >= 4 is 17.9 Å². The summed E-state index contributed by atoms with van der Waals surface area (Å²) >= 11 is 0. The lowest BCUT2D eigenvalue weighted by Crippen LogP contribution is -2.04. The number of rotatable bonds is 5. The number of nitro groups is 1. The molecule has 0 aromatic heterocycles. The standard InChI is InChI=1S/C16H13NO6/c1-2-23-16(20)11-5-3-10(4-6-11)12-7-13(9-18)15(19)14(8-12)17(21)22/h3-9,19H,2H2,1H3. The average molecular weight is 315 g/mol. The van der Waals surface area contributed by atoms with E-state index in [4.69, 9.17) is 4.74 Å². The number of aromatic hydroxyl groups is 1. The minimum atomic E-state index is -0.765. The number of nitro benzene ring substituents is 1. The molecule has 0 bridgehead atoms. The van der Waals surface area contributed by atoms with E-state index < -0.39 is 22.3 Å². The number of carbonyl (C=O) groups is 2. The Kier molecular flexibility index (Phi) is 4.70. The molecule has 0 aliphatic carbocycles. The normalized spacial score (nSPS) is 10.1. The van der Waals surface area contributed by atoms with E-state index in [1.165, 1.54) is 24.3 Å². The SMILES string of the molecule is CCOC(=O)c1ccc(-c2cc(C=O)c(O)c([N+](=O)[O-])c2)cc1. The zero-order chi connectivity index (χ0) is 17.0. The lowest BCUT2D eigenvalue weighted by atomic mass is 10.0. The van der Waals surface area contributed by atoms with Gasteiger partial charge in [-0.1, -0.05) is 12.1 Å². The van der Waals surface area contributed by atoms with E-state index in [9.17, 15) is 24.8 Å². The summed E-state index contributed by atoms with van der Waals surface area (Å²) in [6.45, 7) is 1.95. The van der Waals surface area contributed by atoms with Crippen molar-refractivity contribution in [2.45, 2.75) is 6.92 Å². The van der Waals surface area contributed by atoms with Crippen LogP contribution in [0.15, 0.2) is 36.4 Å². The zero-order valence-electron chi connectivity index (χ0n) is 12.2. The topological polar surface area (TPSA) is 107 Å². The smallest absolute Gasteiger partial charge is 0.338 e. The van der Waals surface area contributed by atoms with Crippen LogP contribution in [0.25, 0.3) is 11.1 Å². The fourth-order valence-electron chi connectivity index (χ4n) is 2.05. The van der Waals surface area contributed by atoms with Crippen LogP contribution in [0.3, 0.4) is 0 Å². The highest BCUT2D eigenvalue weighted by Crippen LogP contribution is 2.34. The first-order valence-corrected chi connectivity index (χ1v) is 6.72. The Morgan fingerprint density at radius 3 is 2.43 bits per heavy atom. The Morgan fingerprint density at radius 1 is 1.26 bits per heavy atom. The number of phenolic OH excluding ortho intramolecular Hbond substituents is 1. The van der Waals surface area contributed by atoms with Gasteiger partial charge in [0.1, 0.15) is 0 Å². The number of ether oxygens (including phenoxy) is 1. The third kappa shape index (κ3) is 3.34. The molecule has 0 unspecified atom stereocenters. The van der Waals surface area contributed by atoms with Crippen molar-refractivity contribution < 1.29 is 24.4 Å². The Labute approximate surface area is 131 Å². The molecule has 0 saturated carbocycles. The van der Waals surface area contributed by atoms with E-state index in [2.05, 4.69) is 0 Å². The third-order valence-electron chi connectivity index (χ3n) is 3.17. The quantitative estimate of drug-likeness (QED) is 0.393. The van der Waals surface area contributed by atoms with Crippen molar-refractivity contribution in [2.75, 3.05) is 6.61 Å². The van der Waals surface area contributed by atoms with Gasteiger partial charge in [-0.2, -0.15) is 0 Å². The highest BCUT2D eigenvalue weighted by atomic mass is 16.6. The molecule has 7 nitrogen and oxygen atoms in total. The number of nitrogens with zero attached hydrogens (tertiary/aromatic N) is 1. The third-order valence-corrected chi connectivity index (χ3v) is 3.17. The first-order valence-electron chi connectivity index (χ1n) is 6.72. The van der Waals surface area contributed by atoms with Crippen LogP contribution in [0.5, 0.6) is 5.75 Å². The van der Waals surface area contributed by atoms with E-state index in [1.807, 2.05) is 0 Å². The van der Waals surface area contributed by atoms with E-state index in [-0.39, 0.29) is 12.2 Å². The van der Waals surface area contributed by atoms with Crippen molar-refractivity contribution in [1.82, 2.24) is 0 Å². The lowest BCUT2D eigenvalue weighted by Gasteiger charge is -2.07. The summed E-state index contributed by atoms with van der Waals surface area (Å²) in [5.41, 5.74) is 0.554. The molecule has 0 spiro atoms. The van der Waals surface area contributed by atoms with E-state index >= 15 is 0 Å². The summed E-state index contributed by atoms with van der Waals surface area (Å²) in [4.78, 5) is 32.7. The first-order chi connectivity index (χ1) is 11.0. The van der Waals surface area contributed by atoms with Crippen molar-refractivity contribution in [3.8, 4) is 16.9 Å². The van der Waals surface area contributed by atoms with Crippen LogP contribution in [0, 0.1) is 10.1 Å². The Bertz CT molecular complexity index is 767. The Hall–Kier alpha value is -3.22. The minimum Gasteiger partial charge on any atom is -0.502 e. The maximum Gasteiger partial charge on any atom is 0.338 e. The van der Waals surface area contributed by atoms with Crippen molar-refractivity contribution in [2.24, 2.45) is 0 Å². The van der Waals surface area contributed by atoms with Gasteiger partial charge in [-0.25, -0.2) is 4.79 Å². The highest BCUT2D eigenvalue weighted by molar-refractivity contribution is 5.90. The summed E-state index contributed by atoms with van der Waals surface area (Å²) in [5, 5.41) is 20.6. The predicted molar refractivity (Wildman–Crippen MR) is 81.5 cm³/mol. The summed E-state index contributed by atoms with van der Waals surface area (Å²) in [7, 11) is 0. The number of hydrogen-bond acceptors (Lipinski definition) is 6. The van der Waals surface area contributed by atoms with Crippen LogP contribution < -0.4 is 0 Å². The van der Waals surface area contributed by atoms with Gasteiger partial charge in [-0.3, -0.25) is 14.9 Å². The van der Waals surface area contributed by atoms with Crippen LogP contribution in [-0.4, -0.2) is 28.9 Å². The summed E-state index contributed by atoms with van der Waals surface area (Å²) in [6, 6.07) is 8.71. The van der Waals surface area contributed by atoms with Crippen molar-refractivity contribution in [3.05, 3.63) is 57.6 Å². The highest BCUT2D eigenvalue weighted by Gasteiger charge is 2.19. The molecule has 0 radical (unpaired) electrons. The molecule has 0 atom stereocenters. The molecule has 7 heteroatoms. The van der Waals surface area contributed by atoms with Crippen LogP contribution in [0.4, 0.5) is 5.69 Å². The van der Waals surface area contributed by atoms with Gasteiger partial charge in [0.2, 0.25) is 5.75 Å². The fraction of sp³-hybridized carbons (Fsp3) is 0.125. The van der Waals surface area contributed by atoms with Crippen LogP contribution >= 0.6 is 0 Å². The van der Waals surface area contributed by atoms with E-state index in [0.29, 0.717) is 23.0 Å². The summed E-state index contributed by atoms with van der Waals surface area (Å²) in [5.74, 6) is -1.14. The van der Waals surface area contributed by atoms with Gasteiger partial charge in [0.05, 0.1) is 22.7 Å². The molecule has 118 valence electrons. The maximum atomic E-state index is 11.6. The molecular formula is C16H13NO6. The van der Waals surface area contributed by atoms with Gasteiger partial charge in [0, 0.05) is 6.07 Å². The molecule has 2 rings (SSSR count). The van der Waals surface area contributed by atoms with Gasteiger partial charge >= 0.3 is 11.7 Å². The maximum absolute atomic E-state index is 11.6. The van der Waals surface area contributed by atoms with E-state index in [0.717, 1.165) is 0 Å². The molecule has 0 aliphatic rings. The van der Waals surface area contributed by atoms with Crippen molar-refractivity contribution in [3.63, 3.8) is 0 Å². The van der Waals surface area contributed by atoms with Crippen LogP contribution in [-0.2, 0) is 4.74 Å². The first kappa shape index (κ1) is 16.2. The summed E-state index contributed by atoms with van der Waals surface area (Å²) < 4.78 is 4.87. The lowest BCUT2D eigenvalue weighted by molar-refractivity contribution is -0.385. The molecule has 0 heterocycles. The Balaban J connectivity index is 2.46. The minimum absolute atomic E-state index is 0.177. The van der Waals surface area contributed by atoms with Gasteiger partial charge < -0.3 is 9.84 Å². The number of hydrogen-bond donors (Lipinski definition) is 1. The molecule has 0 amide bonds. The van der Waals surface area contributed by atoms with Gasteiger partial charge in [-0.15, -0.1) is 0 Å². The largest absolute Gasteiger partial charge is 0.502 e. The second-order valence-corrected chi connectivity index (χ2v) is 4.61. The second kappa shape index (κ2) is 6.69. The number of esters is 1. The molecule has 0 aliphatic heterocycles. The van der Waals surface area contributed by atoms with Crippen molar-refractivity contribution in [1.29, 1.82) is 0 Å². The van der Waals surface area contributed by atoms with Gasteiger partial charge in [-0.05, 0) is 36.2 Å². The molecule has 0 saturated heterocycles. The second-order valence-electron chi connectivity index (χ2n) is 4.61. The van der Waals surface area contributed by atoms with Gasteiger partial charge in [0.25, 0.3) is 0 Å². The van der Waals surface area contributed by atoms with Crippen LogP contribution in [0.1, 0.15) is 27.6 Å². The number of benzene rings is 2. The molecule has 2 aromatic carbocycles. The molecule has 0 fully saturated rings. The fourth-order valence-corrected chi connectivity index (χ4v) is 2.05. The molecule has 2 aromatic rings. The van der Waals surface area contributed by atoms with Gasteiger partial charge in [0.15, 0.2) is 6.29 Å². The average Bonchev–Trinajstić information content (AvgIpc) is 2.55. The van der Waals surface area contributed by atoms with Crippen LogP contribution in [0.2, 0.25) is 0 Å². The number of phenols is 1. The molecule has 23 heavy (non-hydrogen) atoms. The zero-order valence-corrected chi connectivity index (χ0v) is 12.2. The molecule has 1 N–H and O–H groups in total. The molecular weight excluding hydrogens is 302 g/mol.